The van der Waals surface area contributed by atoms with Crippen molar-refractivity contribution < 1.29 is 5.11 Å². The maximum Gasteiger partial charge on any atom is 0.104 e. The van der Waals surface area contributed by atoms with Crippen LogP contribution in [-0.4, -0.2) is 5.11 Å². The molecule has 0 heterocycles. The van der Waals surface area contributed by atoms with Gasteiger partial charge in [-0.1, -0.05) is 30.3 Å². The van der Waals surface area contributed by atoms with Crippen LogP contribution >= 0.6 is 0 Å². The van der Waals surface area contributed by atoms with Gasteiger partial charge < -0.3 is 10.8 Å². The molecule has 94 valence electrons. The summed E-state index contributed by atoms with van der Waals surface area (Å²) in [5, 5.41) is 10.4. The highest BCUT2D eigenvalue weighted by Crippen LogP contribution is 2.26. The van der Waals surface area contributed by atoms with Crippen LogP contribution in [0.2, 0.25) is 0 Å². The van der Waals surface area contributed by atoms with E-state index in [0.29, 0.717) is 0 Å². The molecule has 0 bridgehead atoms. The van der Waals surface area contributed by atoms with Crippen molar-refractivity contribution in [1.29, 1.82) is 0 Å². The summed E-state index contributed by atoms with van der Waals surface area (Å²) in [5.74, 6) is 0. The van der Waals surface area contributed by atoms with Gasteiger partial charge in [0.2, 0.25) is 0 Å². The summed E-state index contributed by atoms with van der Waals surface area (Å²) in [4.78, 5) is 0. The average molecular weight is 241 g/mol. The Morgan fingerprint density at radius 3 is 1.94 bits per heavy atom. The Bertz CT molecular complexity index is 524. The van der Waals surface area contributed by atoms with E-state index in [0.717, 1.165) is 22.4 Å². The Morgan fingerprint density at radius 2 is 1.39 bits per heavy atom. The molecule has 0 unspecified atom stereocenters. The third kappa shape index (κ3) is 2.39. The summed E-state index contributed by atoms with van der Waals surface area (Å²) in [6.45, 7) is 6.07. The molecule has 0 aliphatic rings. The first kappa shape index (κ1) is 12.7. The molecular weight excluding hydrogens is 222 g/mol. The van der Waals surface area contributed by atoms with E-state index in [-0.39, 0.29) is 0 Å². The molecule has 2 aromatic rings. The number of aliphatic hydroxyl groups excluding tert-OH is 1. The van der Waals surface area contributed by atoms with E-state index in [4.69, 9.17) is 5.73 Å². The number of hydrogen-bond acceptors (Lipinski definition) is 2. The molecule has 0 radical (unpaired) electrons. The molecule has 0 aliphatic carbocycles. The molecule has 1 atom stereocenters. The SMILES string of the molecule is Cc1ccc([C@@H](O)c2ccc(N)c(C)c2)cc1C. The van der Waals surface area contributed by atoms with Gasteiger partial charge in [-0.05, 0) is 54.7 Å². The zero-order chi connectivity index (χ0) is 13.3. The number of aryl methyl sites for hydroxylation is 3. The highest BCUT2D eigenvalue weighted by atomic mass is 16.3. The zero-order valence-electron chi connectivity index (χ0n) is 11.1. The van der Waals surface area contributed by atoms with Crippen LogP contribution in [0.4, 0.5) is 5.69 Å². The molecular formula is C16H19NO. The minimum absolute atomic E-state index is 0.594. The summed E-state index contributed by atoms with van der Waals surface area (Å²) in [7, 11) is 0. The van der Waals surface area contributed by atoms with Gasteiger partial charge in [0.25, 0.3) is 0 Å². The lowest BCUT2D eigenvalue weighted by atomic mass is 9.96. The van der Waals surface area contributed by atoms with Crippen molar-refractivity contribution in [2.75, 3.05) is 5.73 Å². The van der Waals surface area contributed by atoms with Crippen molar-refractivity contribution in [3.05, 3.63) is 64.2 Å². The van der Waals surface area contributed by atoms with Crippen LogP contribution in [0, 0.1) is 20.8 Å². The Kier molecular flexibility index (Phi) is 3.39. The van der Waals surface area contributed by atoms with E-state index < -0.39 is 6.10 Å². The average Bonchev–Trinajstić information content (AvgIpc) is 2.35. The molecule has 0 aliphatic heterocycles. The van der Waals surface area contributed by atoms with Crippen LogP contribution in [0.15, 0.2) is 36.4 Å². The van der Waals surface area contributed by atoms with Crippen LogP contribution in [-0.2, 0) is 0 Å². The highest BCUT2D eigenvalue weighted by Gasteiger charge is 2.11. The normalized spacial score (nSPS) is 12.4. The number of nitrogens with two attached hydrogens (primary N) is 1. The van der Waals surface area contributed by atoms with E-state index in [1.807, 2.05) is 43.3 Å². The quantitative estimate of drug-likeness (QED) is 0.793. The lowest BCUT2D eigenvalue weighted by Gasteiger charge is -2.14. The van der Waals surface area contributed by atoms with Gasteiger partial charge in [0, 0.05) is 5.69 Å². The highest BCUT2D eigenvalue weighted by molar-refractivity contribution is 5.49. The fourth-order valence-corrected chi connectivity index (χ4v) is 2.00. The van der Waals surface area contributed by atoms with Gasteiger partial charge in [-0.3, -0.25) is 0 Å². The van der Waals surface area contributed by atoms with Crippen molar-refractivity contribution in [1.82, 2.24) is 0 Å². The van der Waals surface area contributed by atoms with Crippen LogP contribution in [0.5, 0.6) is 0 Å². The Labute approximate surface area is 108 Å². The largest absolute Gasteiger partial charge is 0.399 e. The van der Waals surface area contributed by atoms with E-state index in [1.54, 1.807) is 0 Å². The van der Waals surface area contributed by atoms with Gasteiger partial charge in [-0.2, -0.15) is 0 Å². The van der Waals surface area contributed by atoms with Gasteiger partial charge in [0.05, 0.1) is 0 Å². The molecule has 2 nitrogen and oxygen atoms in total. The van der Waals surface area contributed by atoms with Crippen LogP contribution < -0.4 is 5.73 Å². The fraction of sp³-hybridized carbons (Fsp3) is 0.250. The lowest BCUT2D eigenvalue weighted by Crippen LogP contribution is -2.02. The van der Waals surface area contributed by atoms with Crippen LogP contribution in [0.3, 0.4) is 0 Å². The summed E-state index contributed by atoms with van der Waals surface area (Å²) in [6, 6.07) is 11.7. The topological polar surface area (TPSA) is 46.2 Å². The van der Waals surface area contributed by atoms with Gasteiger partial charge in [0.15, 0.2) is 0 Å². The predicted molar refractivity (Wildman–Crippen MR) is 75.6 cm³/mol. The smallest absolute Gasteiger partial charge is 0.104 e. The van der Waals surface area contributed by atoms with Gasteiger partial charge in [-0.25, -0.2) is 0 Å². The van der Waals surface area contributed by atoms with Gasteiger partial charge >= 0.3 is 0 Å². The number of nitrogen functional groups attached to an aromatic ring is 1. The van der Waals surface area contributed by atoms with Gasteiger partial charge in [-0.15, -0.1) is 0 Å². The molecule has 0 spiro atoms. The van der Waals surface area contributed by atoms with Crippen molar-refractivity contribution in [3.63, 3.8) is 0 Å². The van der Waals surface area contributed by atoms with E-state index in [2.05, 4.69) is 13.8 Å². The second-order valence-electron chi connectivity index (χ2n) is 4.86. The number of aliphatic hydroxyl groups is 1. The third-order valence-electron chi connectivity index (χ3n) is 3.46. The monoisotopic (exact) mass is 241 g/mol. The second kappa shape index (κ2) is 4.83. The third-order valence-corrected chi connectivity index (χ3v) is 3.46. The van der Waals surface area contributed by atoms with Gasteiger partial charge in [0.1, 0.15) is 6.10 Å². The second-order valence-corrected chi connectivity index (χ2v) is 4.86. The molecule has 0 aromatic heterocycles. The standard InChI is InChI=1S/C16H19NO/c1-10-4-5-13(8-11(10)2)16(18)14-6-7-15(17)12(3)9-14/h4-9,16,18H,17H2,1-3H3/t16-/m1/s1. The van der Waals surface area contributed by atoms with Crippen LogP contribution in [0.25, 0.3) is 0 Å². The molecule has 18 heavy (non-hydrogen) atoms. The molecule has 2 rings (SSSR count). The number of rotatable bonds is 2. The molecule has 0 saturated carbocycles. The maximum absolute atomic E-state index is 10.4. The molecule has 0 fully saturated rings. The van der Waals surface area contributed by atoms with Crippen LogP contribution in [0.1, 0.15) is 33.9 Å². The first-order valence-corrected chi connectivity index (χ1v) is 6.10. The summed E-state index contributed by atoms with van der Waals surface area (Å²) in [6.07, 6.45) is -0.594. The fourth-order valence-electron chi connectivity index (χ4n) is 2.00. The Hall–Kier alpha value is -1.80. The first-order chi connectivity index (χ1) is 8.49. The molecule has 2 aromatic carbocycles. The molecule has 3 N–H and O–H groups in total. The van der Waals surface area contributed by atoms with Crippen molar-refractivity contribution in [2.24, 2.45) is 0 Å². The Morgan fingerprint density at radius 1 is 0.833 bits per heavy atom. The number of anilines is 1. The summed E-state index contributed by atoms with van der Waals surface area (Å²) < 4.78 is 0. The summed E-state index contributed by atoms with van der Waals surface area (Å²) in [5.41, 5.74) is 11.8. The maximum atomic E-state index is 10.4. The molecule has 0 amide bonds. The van der Waals surface area contributed by atoms with Crippen molar-refractivity contribution >= 4 is 5.69 Å². The Balaban J connectivity index is 2.37. The van der Waals surface area contributed by atoms with Crippen molar-refractivity contribution in [3.8, 4) is 0 Å². The van der Waals surface area contributed by atoms with E-state index in [1.165, 1.54) is 11.1 Å². The summed E-state index contributed by atoms with van der Waals surface area (Å²) >= 11 is 0. The molecule has 2 heteroatoms. The molecule has 0 saturated heterocycles. The predicted octanol–water partition coefficient (Wildman–Crippen LogP) is 3.28. The lowest BCUT2D eigenvalue weighted by molar-refractivity contribution is 0.220. The number of benzene rings is 2. The first-order valence-electron chi connectivity index (χ1n) is 6.10. The van der Waals surface area contributed by atoms with Crippen molar-refractivity contribution in [2.45, 2.75) is 26.9 Å². The minimum atomic E-state index is -0.594. The van der Waals surface area contributed by atoms with E-state index >= 15 is 0 Å². The number of hydrogen-bond donors (Lipinski definition) is 2. The van der Waals surface area contributed by atoms with E-state index in [9.17, 15) is 5.11 Å². The minimum Gasteiger partial charge on any atom is -0.399 e. The zero-order valence-corrected chi connectivity index (χ0v) is 11.1.